The maximum Gasteiger partial charge on any atom is 0.282 e. The van der Waals surface area contributed by atoms with Gasteiger partial charge in [0.25, 0.3) is 6.43 Å². The zero-order valence-electron chi connectivity index (χ0n) is 6.97. The molecule has 14 heavy (non-hydrogen) atoms. The summed E-state index contributed by atoms with van der Waals surface area (Å²) in [5.41, 5.74) is 5.58. The molecule has 0 saturated carbocycles. The molecule has 0 atom stereocenters. The van der Waals surface area contributed by atoms with Crippen molar-refractivity contribution in [2.75, 3.05) is 5.73 Å². The van der Waals surface area contributed by atoms with Crippen LogP contribution in [0.1, 0.15) is 17.7 Å². The molecule has 0 saturated heterocycles. The number of alkyl halides is 2. The van der Waals surface area contributed by atoms with Gasteiger partial charge >= 0.3 is 0 Å². The van der Waals surface area contributed by atoms with Crippen LogP contribution in [0.2, 0.25) is 0 Å². The molecule has 3 nitrogen and oxygen atoms in total. The van der Waals surface area contributed by atoms with E-state index in [4.69, 9.17) is 11.0 Å². The van der Waals surface area contributed by atoms with Crippen LogP contribution in [0.15, 0.2) is 6.20 Å². The molecule has 74 valence electrons. The number of anilines is 1. The minimum Gasteiger partial charge on any atom is -0.396 e. The van der Waals surface area contributed by atoms with Gasteiger partial charge in [-0.1, -0.05) is 0 Å². The number of nitrogens with two attached hydrogens (primary N) is 1. The summed E-state index contributed by atoms with van der Waals surface area (Å²) in [7, 11) is 0. The van der Waals surface area contributed by atoms with Gasteiger partial charge in [0.15, 0.2) is 0 Å². The first-order chi connectivity index (χ1) is 6.57. The first-order valence-electron chi connectivity index (χ1n) is 3.65. The second-order valence-corrected chi connectivity index (χ2v) is 3.61. The molecule has 0 unspecified atom stereocenters. The van der Waals surface area contributed by atoms with E-state index in [-0.39, 0.29) is 12.1 Å². The monoisotopic (exact) mass is 309 g/mol. The second-order valence-electron chi connectivity index (χ2n) is 2.53. The normalized spacial score (nSPS) is 10.2. The van der Waals surface area contributed by atoms with Crippen molar-refractivity contribution in [2.45, 2.75) is 12.8 Å². The summed E-state index contributed by atoms with van der Waals surface area (Å²) < 4.78 is 25.1. The first-order valence-corrected chi connectivity index (χ1v) is 4.73. The molecule has 0 aliphatic carbocycles. The molecule has 0 aliphatic rings. The van der Waals surface area contributed by atoms with Gasteiger partial charge in [-0.05, 0) is 28.2 Å². The highest BCUT2D eigenvalue weighted by atomic mass is 127. The van der Waals surface area contributed by atoms with E-state index in [1.807, 2.05) is 28.7 Å². The van der Waals surface area contributed by atoms with Gasteiger partial charge in [0.1, 0.15) is 5.69 Å². The highest BCUT2D eigenvalue weighted by molar-refractivity contribution is 14.1. The van der Waals surface area contributed by atoms with Crippen molar-refractivity contribution in [3.05, 3.63) is 21.0 Å². The van der Waals surface area contributed by atoms with Crippen LogP contribution in [0.4, 0.5) is 14.5 Å². The predicted octanol–water partition coefficient (Wildman–Crippen LogP) is 2.27. The molecule has 0 amide bonds. The lowest BCUT2D eigenvalue weighted by Crippen LogP contribution is -2.04. The highest BCUT2D eigenvalue weighted by Crippen LogP contribution is 2.28. The van der Waals surface area contributed by atoms with Crippen LogP contribution in [0.5, 0.6) is 0 Å². The van der Waals surface area contributed by atoms with Gasteiger partial charge in [0.2, 0.25) is 0 Å². The van der Waals surface area contributed by atoms with E-state index in [1.54, 1.807) is 0 Å². The van der Waals surface area contributed by atoms with Crippen LogP contribution in [-0.4, -0.2) is 4.98 Å². The van der Waals surface area contributed by atoms with E-state index in [9.17, 15) is 8.78 Å². The maximum atomic E-state index is 12.3. The fraction of sp³-hybridized carbons (Fsp3) is 0.250. The third-order valence-corrected chi connectivity index (χ3v) is 2.90. The Balaban J connectivity index is 3.20. The Hall–Kier alpha value is -0.970. The van der Waals surface area contributed by atoms with Crippen LogP contribution in [0.3, 0.4) is 0 Å². The molecule has 1 rings (SSSR count). The van der Waals surface area contributed by atoms with Crippen molar-refractivity contribution < 1.29 is 8.78 Å². The number of pyridine rings is 1. The molecular formula is C8H6F2IN3. The summed E-state index contributed by atoms with van der Waals surface area (Å²) in [4.78, 5) is 3.53. The summed E-state index contributed by atoms with van der Waals surface area (Å²) in [6.07, 6.45) is -1.29. The number of nitrogens with zero attached hydrogens (tertiary/aromatic N) is 2. The molecule has 0 aliphatic heterocycles. The van der Waals surface area contributed by atoms with E-state index in [1.165, 1.54) is 6.20 Å². The van der Waals surface area contributed by atoms with Crippen LogP contribution in [0, 0.1) is 14.9 Å². The molecule has 0 fully saturated rings. The Kier molecular flexibility index (Phi) is 3.57. The third-order valence-electron chi connectivity index (χ3n) is 1.63. The Morgan fingerprint density at radius 3 is 2.79 bits per heavy atom. The lowest BCUT2D eigenvalue weighted by atomic mass is 10.2. The van der Waals surface area contributed by atoms with Crippen molar-refractivity contribution in [3.8, 4) is 6.07 Å². The zero-order valence-corrected chi connectivity index (χ0v) is 9.12. The minimum absolute atomic E-state index is 0.0339. The number of halogens is 3. The van der Waals surface area contributed by atoms with Gasteiger partial charge in [0, 0.05) is 9.77 Å². The Bertz CT molecular complexity index is 387. The van der Waals surface area contributed by atoms with Crippen LogP contribution < -0.4 is 5.73 Å². The lowest BCUT2D eigenvalue weighted by molar-refractivity contribution is 0.147. The van der Waals surface area contributed by atoms with Crippen LogP contribution >= 0.6 is 22.6 Å². The van der Waals surface area contributed by atoms with Crippen LogP contribution in [0.25, 0.3) is 0 Å². The highest BCUT2D eigenvalue weighted by Gasteiger charge is 2.17. The lowest BCUT2D eigenvalue weighted by Gasteiger charge is -2.08. The first kappa shape index (κ1) is 11.1. The average molecular weight is 309 g/mol. The average Bonchev–Trinajstić information content (AvgIpc) is 2.13. The van der Waals surface area contributed by atoms with Gasteiger partial charge in [-0.2, -0.15) is 5.26 Å². The van der Waals surface area contributed by atoms with E-state index in [0.717, 1.165) is 0 Å². The molecule has 2 N–H and O–H groups in total. The van der Waals surface area contributed by atoms with E-state index in [0.29, 0.717) is 9.13 Å². The predicted molar refractivity (Wildman–Crippen MR) is 55.6 cm³/mol. The number of hydrogen-bond acceptors (Lipinski definition) is 3. The number of rotatable bonds is 2. The van der Waals surface area contributed by atoms with Crippen molar-refractivity contribution in [3.63, 3.8) is 0 Å². The molecule has 1 heterocycles. The molecule has 0 spiro atoms. The summed E-state index contributed by atoms with van der Waals surface area (Å²) in [6, 6.07) is 1.91. The fourth-order valence-corrected chi connectivity index (χ4v) is 1.55. The molecular weight excluding hydrogens is 303 g/mol. The van der Waals surface area contributed by atoms with Crippen molar-refractivity contribution in [1.29, 1.82) is 5.26 Å². The van der Waals surface area contributed by atoms with Gasteiger partial charge in [-0.3, -0.25) is 4.98 Å². The maximum absolute atomic E-state index is 12.3. The molecule has 1 aromatic rings. The smallest absolute Gasteiger partial charge is 0.282 e. The van der Waals surface area contributed by atoms with Crippen molar-refractivity contribution in [1.82, 2.24) is 4.98 Å². The van der Waals surface area contributed by atoms with Crippen molar-refractivity contribution in [2.24, 2.45) is 0 Å². The van der Waals surface area contributed by atoms with E-state index < -0.39 is 12.1 Å². The van der Waals surface area contributed by atoms with Gasteiger partial charge in [0.05, 0.1) is 18.2 Å². The zero-order chi connectivity index (χ0) is 10.7. The van der Waals surface area contributed by atoms with Crippen molar-refractivity contribution >= 4 is 28.3 Å². The number of nitriles is 1. The summed E-state index contributed by atoms with van der Waals surface area (Å²) in [6.45, 7) is 0. The largest absolute Gasteiger partial charge is 0.396 e. The van der Waals surface area contributed by atoms with E-state index in [2.05, 4.69) is 4.98 Å². The topological polar surface area (TPSA) is 62.7 Å². The Morgan fingerprint density at radius 2 is 2.29 bits per heavy atom. The molecule has 6 heteroatoms. The minimum atomic E-state index is -2.68. The van der Waals surface area contributed by atoms with Gasteiger partial charge in [-0.25, -0.2) is 8.78 Å². The quantitative estimate of drug-likeness (QED) is 0.853. The molecule has 0 bridgehead atoms. The van der Waals surface area contributed by atoms with Crippen LogP contribution in [-0.2, 0) is 6.42 Å². The molecule has 0 radical (unpaired) electrons. The standard InChI is InChI=1S/C8H6F2IN3/c9-8(10)7-6(13)5(11)4(1-2-12)3-14-7/h3,8H,1,13H2. The second kappa shape index (κ2) is 4.50. The molecule has 1 aromatic heterocycles. The Morgan fingerprint density at radius 1 is 1.64 bits per heavy atom. The molecule has 0 aromatic carbocycles. The fourth-order valence-electron chi connectivity index (χ4n) is 0.941. The number of aromatic nitrogens is 1. The Labute approximate surface area is 93.1 Å². The van der Waals surface area contributed by atoms with Gasteiger partial charge in [-0.15, -0.1) is 0 Å². The summed E-state index contributed by atoms with van der Waals surface area (Å²) in [5.74, 6) is 0. The number of nitrogen functional groups attached to an aromatic ring is 1. The summed E-state index contributed by atoms with van der Waals surface area (Å²) in [5, 5.41) is 8.44. The number of hydrogen-bond donors (Lipinski definition) is 1. The summed E-state index contributed by atoms with van der Waals surface area (Å²) >= 11 is 1.84. The van der Waals surface area contributed by atoms with Gasteiger partial charge < -0.3 is 5.73 Å². The van der Waals surface area contributed by atoms with E-state index >= 15 is 0 Å². The SMILES string of the molecule is N#CCc1cnc(C(F)F)c(N)c1I. The third kappa shape index (κ3) is 2.09.